The molecule has 0 fully saturated rings. The first-order valence-electron chi connectivity index (χ1n) is 3.76. The zero-order chi connectivity index (χ0) is 10.1. The zero-order valence-electron chi connectivity index (χ0n) is 6.86. The first-order valence-corrected chi connectivity index (χ1v) is 4.64. The van der Waals surface area contributed by atoms with Crippen LogP contribution >= 0.6 is 23.0 Å². The van der Waals surface area contributed by atoms with Crippen molar-refractivity contribution in [2.24, 2.45) is 0 Å². The number of hydrogen-bond donors (Lipinski definition) is 1. The second-order valence-corrected chi connectivity index (χ2v) is 3.13. The van der Waals surface area contributed by atoms with Crippen LogP contribution in [-0.2, 0) is 0 Å². The molecule has 0 amide bonds. The predicted octanol–water partition coefficient (Wildman–Crippen LogP) is 2.23. The molecule has 72 valence electrons. The molecule has 0 saturated carbocycles. The third kappa shape index (κ3) is 1.54. The van der Waals surface area contributed by atoms with E-state index in [1.165, 1.54) is 12.1 Å². The fourth-order valence-electron chi connectivity index (χ4n) is 1.15. The Morgan fingerprint density at radius 1 is 1.36 bits per heavy atom. The summed E-state index contributed by atoms with van der Waals surface area (Å²) in [6.45, 7) is 0. The van der Waals surface area contributed by atoms with Crippen LogP contribution in [0.25, 0.3) is 11.0 Å². The normalized spacial score (nSPS) is 10.4. The zero-order valence-corrected chi connectivity index (χ0v) is 9.02. The molecular formula is C9H5IO4. The number of phenols is 1. The fourth-order valence-corrected chi connectivity index (χ4v) is 1.50. The summed E-state index contributed by atoms with van der Waals surface area (Å²) in [6.07, 6.45) is 0. The molecule has 2 rings (SSSR count). The van der Waals surface area contributed by atoms with E-state index in [0.29, 0.717) is 16.7 Å². The lowest BCUT2D eigenvalue weighted by Crippen LogP contribution is -1.94. The first-order chi connectivity index (χ1) is 6.70. The maximum absolute atomic E-state index is 10.9. The van der Waals surface area contributed by atoms with Gasteiger partial charge in [-0.15, -0.1) is 0 Å². The van der Waals surface area contributed by atoms with Gasteiger partial charge < -0.3 is 12.6 Å². The minimum Gasteiger partial charge on any atom is -0.504 e. The van der Waals surface area contributed by atoms with Gasteiger partial charge in [-0.05, 0) is 12.1 Å². The number of hydrogen-bond acceptors (Lipinski definition) is 4. The highest BCUT2D eigenvalue weighted by Gasteiger charge is 2.05. The van der Waals surface area contributed by atoms with Crippen LogP contribution in [0.1, 0.15) is 0 Å². The number of halogens is 1. The molecule has 0 atom stereocenters. The number of benzene rings is 1. The lowest BCUT2D eigenvalue weighted by atomic mass is 10.2. The van der Waals surface area contributed by atoms with Gasteiger partial charge in [0.2, 0.25) is 0 Å². The van der Waals surface area contributed by atoms with Gasteiger partial charge in [-0.25, -0.2) is 4.79 Å². The van der Waals surface area contributed by atoms with Crippen molar-refractivity contribution in [3.8, 4) is 11.5 Å². The topological polar surface area (TPSA) is 59.7 Å². The van der Waals surface area contributed by atoms with Crippen LogP contribution < -0.4 is 8.69 Å². The summed E-state index contributed by atoms with van der Waals surface area (Å²) in [5, 5.41) is 10.1. The van der Waals surface area contributed by atoms with Crippen LogP contribution in [0.15, 0.2) is 33.5 Å². The molecule has 4 nitrogen and oxygen atoms in total. The molecule has 1 aromatic carbocycles. The van der Waals surface area contributed by atoms with Gasteiger partial charge in [0.05, 0.1) is 0 Å². The van der Waals surface area contributed by atoms with Crippen molar-refractivity contribution in [3.63, 3.8) is 0 Å². The van der Waals surface area contributed by atoms with Crippen LogP contribution in [0, 0.1) is 0 Å². The Labute approximate surface area is 92.8 Å². The minimum atomic E-state index is -0.444. The molecule has 0 bridgehead atoms. The van der Waals surface area contributed by atoms with Crippen LogP contribution in [0.4, 0.5) is 0 Å². The van der Waals surface area contributed by atoms with E-state index >= 15 is 0 Å². The van der Waals surface area contributed by atoms with Gasteiger partial charge in [-0.2, -0.15) is 0 Å². The van der Waals surface area contributed by atoms with Gasteiger partial charge in [0.1, 0.15) is 5.58 Å². The SMILES string of the molecule is O=c1ccc2cc(OI)c(O)cc2o1. The molecule has 5 heteroatoms. The van der Waals surface area contributed by atoms with Gasteiger partial charge in [-0.1, -0.05) is 0 Å². The summed E-state index contributed by atoms with van der Waals surface area (Å²) >= 11 is 1.67. The Balaban J connectivity index is 2.79. The summed E-state index contributed by atoms with van der Waals surface area (Å²) in [7, 11) is 0. The quantitative estimate of drug-likeness (QED) is 0.648. The van der Waals surface area contributed by atoms with Crippen molar-refractivity contribution >= 4 is 34.0 Å². The molecule has 0 saturated heterocycles. The van der Waals surface area contributed by atoms with E-state index in [0.717, 1.165) is 0 Å². The molecule has 2 aromatic rings. The maximum atomic E-state index is 10.9. The summed E-state index contributed by atoms with van der Waals surface area (Å²) in [5.74, 6) is 0.285. The number of aromatic hydroxyl groups is 1. The van der Waals surface area contributed by atoms with Crippen molar-refractivity contribution in [3.05, 3.63) is 34.7 Å². The van der Waals surface area contributed by atoms with Crippen LogP contribution in [-0.4, -0.2) is 5.11 Å². The Morgan fingerprint density at radius 2 is 2.14 bits per heavy atom. The minimum absolute atomic E-state index is 0.0544. The van der Waals surface area contributed by atoms with Crippen LogP contribution in [0.2, 0.25) is 0 Å². The Hall–Kier alpha value is -1.24. The molecule has 14 heavy (non-hydrogen) atoms. The summed E-state index contributed by atoms with van der Waals surface area (Å²) in [4.78, 5) is 10.9. The molecule has 1 N–H and O–H groups in total. The summed E-state index contributed by atoms with van der Waals surface area (Å²) in [6, 6.07) is 5.88. The van der Waals surface area contributed by atoms with E-state index < -0.39 is 5.63 Å². The van der Waals surface area contributed by atoms with E-state index in [1.54, 1.807) is 35.1 Å². The lowest BCUT2D eigenvalue weighted by molar-refractivity contribution is 0.455. The molecule has 0 aliphatic carbocycles. The molecule has 0 aliphatic heterocycles. The average Bonchev–Trinajstić information content (AvgIpc) is 2.16. The van der Waals surface area contributed by atoms with E-state index in [-0.39, 0.29) is 5.75 Å². The maximum Gasteiger partial charge on any atom is 0.336 e. The second-order valence-electron chi connectivity index (χ2n) is 2.69. The highest BCUT2D eigenvalue weighted by molar-refractivity contribution is 14.1. The molecule has 0 radical (unpaired) electrons. The summed E-state index contributed by atoms with van der Waals surface area (Å²) in [5.41, 5.74) is -0.104. The van der Waals surface area contributed by atoms with Crippen molar-refractivity contribution < 1.29 is 12.6 Å². The molecule has 0 unspecified atom stereocenters. The van der Waals surface area contributed by atoms with Crippen LogP contribution in [0.5, 0.6) is 11.5 Å². The molecule has 0 aliphatic rings. The van der Waals surface area contributed by atoms with Gasteiger partial charge in [-0.3, -0.25) is 0 Å². The molecule has 1 aromatic heterocycles. The lowest BCUT2D eigenvalue weighted by Gasteiger charge is -2.02. The number of fused-ring (bicyclic) bond motifs is 1. The summed E-state index contributed by atoms with van der Waals surface area (Å²) < 4.78 is 9.75. The molecule has 0 spiro atoms. The Bertz CT molecular complexity index is 532. The average molecular weight is 304 g/mol. The fraction of sp³-hybridized carbons (Fsp3) is 0. The third-order valence-electron chi connectivity index (χ3n) is 1.78. The van der Waals surface area contributed by atoms with E-state index in [4.69, 9.17) is 7.48 Å². The standard InChI is InChI=1S/C9H5IO4/c10-14-8-3-5-1-2-9(12)13-7(5)4-6(8)11/h1-4,11H. The molecular weight excluding hydrogens is 299 g/mol. The van der Waals surface area contributed by atoms with Gasteiger partial charge in [0, 0.05) is 17.5 Å². The Morgan fingerprint density at radius 3 is 2.86 bits per heavy atom. The van der Waals surface area contributed by atoms with Gasteiger partial charge >= 0.3 is 5.63 Å². The smallest absolute Gasteiger partial charge is 0.336 e. The largest absolute Gasteiger partial charge is 0.504 e. The van der Waals surface area contributed by atoms with Gasteiger partial charge in [0.25, 0.3) is 0 Å². The predicted molar refractivity (Wildman–Crippen MR) is 58.8 cm³/mol. The van der Waals surface area contributed by atoms with Crippen molar-refractivity contribution in [2.45, 2.75) is 0 Å². The molecule has 1 heterocycles. The van der Waals surface area contributed by atoms with Crippen LogP contribution in [0.3, 0.4) is 0 Å². The second kappa shape index (κ2) is 3.49. The van der Waals surface area contributed by atoms with Crippen molar-refractivity contribution in [1.29, 1.82) is 0 Å². The van der Waals surface area contributed by atoms with E-state index in [9.17, 15) is 9.90 Å². The third-order valence-corrected chi connectivity index (χ3v) is 2.26. The Kier molecular flexibility index (Phi) is 2.32. The highest BCUT2D eigenvalue weighted by atomic mass is 127. The van der Waals surface area contributed by atoms with E-state index in [1.807, 2.05) is 0 Å². The highest BCUT2D eigenvalue weighted by Crippen LogP contribution is 2.31. The number of rotatable bonds is 1. The van der Waals surface area contributed by atoms with Crippen molar-refractivity contribution in [1.82, 2.24) is 0 Å². The van der Waals surface area contributed by atoms with Gasteiger partial charge in [0.15, 0.2) is 34.5 Å². The van der Waals surface area contributed by atoms with E-state index in [2.05, 4.69) is 0 Å². The van der Waals surface area contributed by atoms with Crippen molar-refractivity contribution in [2.75, 3.05) is 0 Å². The monoisotopic (exact) mass is 304 g/mol. The first kappa shape index (κ1) is 9.32. The number of phenolic OH excluding ortho intramolecular Hbond substituents is 1.